The van der Waals surface area contributed by atoms with E-state index in [0.29, 0.717) is 24.3 Å². The second-order valence-electron chi connectivity index (χ2n) is 8.65. The van der Waals surface area contributed by atoms with Crippen molar-refractivity contribution in [2.45, 2.75) is 45.3 Å². The van der Waals surface area contributed by atoms with Crippen LogP contribution in [-0.4, -0.2) is 43.3 Å². The van der Waals surface area contributed by atoms with Crippen LogP contribution in [0.5, 0.6) is 0 Å². The molecule has 0 aliphatic rings. The second kappa shape index (κ2) is 12.7. The average Bonchev–Trinajstić information content (AvgIpc) is 2.85. The summed E-state index contributed by atoms with van der Waals surface area (Å²) in [5.74, 6) is -3.88. The molecule has 0 unspecified atom stereocenters. The molecule has 39 heavy (non-hydrogen) atoms. The molecule has 3 rings (SSSR count). The van der Waals surface area contributed by atoms with E-state index in [-0.39, 0.29) is 16.1 Å². The highest BCUT2D eigenvalue weighted by Crippen LogP contribution is 2.32. The van der Waals surface area contributed by atoms with Crippen molar-refractivity contribution in [3.8, 4) is 0 Å². The molecule has 3 N–H and O–H groups in total. The maximum Gasteiger partial charge on any atom is 0.490 e. The molecule has 8 nitrogen and oxygen atoms in total. The fraction of sp³-hybridized carbons (Fsp3) is 0.259. The van der Waals surface area contributed by atoms with Gasteiger partial charge < -0.3 is 15.1 Å². The summed E-state index contributed by atoms with van der Waals surface area (Å²) in [4.78, 5) is 22.7. The summed E-state index contributed by atoms with van der Waals surface area (Å²) in [6, 6.07) is 17.8. The van der Waals surface area contributed by atoms with Crippen LogP contribution >= 0.6 is 0 Å². The van der Waals surface area contributed by atoms with Gasteiger partial charge in [0, 0.05) is 13.1 Å². The third kappa shape index (κ3) is 8.47. The minimum atomic E-state index is -5.08. The van der Waals surface area contributed by atoms with Gasteiger partial charge in [0.25, 0.3) is 10.0 Å². The number of aliphatic carboxylic acids is 1. The molecule has 3 aromatic rings. The molecule has 12 heteroatoms. The Morgan fingerprint density at radius 3 is 1.97 bits per heavy atom. The number of sulfonamides is 1. The number of anilines is 2. The molecule has 210 valence electrons. The Labute approximate surface area is 224 Å². The van der Waals surface area contributed by atoms with Crippen LogP contribution in [0.3, 0.4) is 0 Å². The first-order valence-electron chi connectivity index (χ1n) is 11.6. The summed E-state index contributed by atoms with van der Waals surface area (Å²) in [5, 5.41) is 16.6. The number of nitrogens with zero attached hydrogens (tertiary/aromatic N) is 1. The zero-order valence-electron chi connectivity index (χ0n) is 21.7. The lowest BCUT2D eigenvalue weighted by Crippen LogP contribution is -2.25. The van der Waals surface area contributed by atoms with E-state index in [1.165, 1.54) is 12.1 Å². The third-order valence-electron chi connectivity index (χ3n) is 5.75. The van der Waals surface area contributed by atoms with Gasteiger partial charge in [0.05, 0.1) is 21.8 Å². The van der Waals surface area contributed by atoms with E-state index in [1.54, 1.807) is 19.1 Å². The van der Waals surface area contributed by atoms with E-state index in [9.17, 15) is 31.5 Å². The SMILES string of the molecule is CCN(Cc1ccccc1)c1ccc(C(=O)O)cc1NS(=O)(=O)c1cc(C)c(C)cc1C.O=C(O)C(F)(F)F. The molecule has 0 bridgehead atoms. The van der Waals surface area contributed by atoms with Gasteiger partial charge in [-0.1, -0.05) is 36.4 Å². The van der Waals surface area contributed by atoms with Crippen molar-refractivity contribution < 1.29 is 41.4 Å². The first-order valence-corrected chi connectivity index (χ1v) is 13.1. The molecule has 0 heterocycles. The van der Waals surface area contributed by atoms with E-state index in [2.05, 4.69) is 4.72 Å². The molecule has 0 aliphatic carbocycles. The Morgan fingerprint density at radius 2 is 1.46 bits per heavy atom. The molecular weight excluding hydrogens is 537 g/mol. The van der Waals surface area contributed by atoms with Gasteiger partial charge in [-0.15, -0.1) is 0 Å². The Morgan fingerprint density at radius 1 is 0.897 bits per heavy atom. The lowest BCUT2D eigenvalue weighted by molar-refractivity contribution is -0.192. The van der Waals surface area contributed by atoms with Crippen molar-refractivity contribution in [2.24, 2.45) is 0 Å². The van der Waals surface area contributed by atoms with Crippen molar-refractivity contribution in [1.29, 1.82) is 0 Å². The molecule has 0 atom stereocenters. The van der Waals surface area contributed by atoms with E-state index in [4.69, 9.17) is 9.90 Å². The summed E-state index contributed by atoms with van der Waals surface area (Å²) < 4.78 is 61.0. The van der Waals surface area contributed by atoms with Crippen LogP contribution in [0.15, 0.2) is 65.6 Å². The number of carbonyl (C=O) groups is 2. The van der Waals surface area contributed by atoms with Crippen LogP contribution in [0.1, 0.15) is 39.5 Å². The van der Waals surface area contributed by atoms with Crippen molar-refractivity contribution in [1.82, 2.24) is 0 Å². The van der Waals surface area contributed by atoms with E-state index >= 15 is 0 Å². The van der Waals surface area contributed by atoms with Gasteiger partial charge in [0.2, 0.25) is 0 Å². The van der Waals surface area contributed by atoms with Crippen molar-refractivity contribution in [2.75, 3.05) is 16.2 Å². The van der Waals surface area contributed by atoms with Gasteiger partial charge in [-0.2, -0.15) is 13.2 Å². The second-order valence-corrected chi connectivity index (χ2v) is 10.3. The highest BCUT2D eigenvalue weighted by atomic mass is 32.2. The maximum atomic E-state index is 13.3. The van der Waals surface area contributed by atoms with Crippen LogP contribution < -0.4 is 9.62 Å². The normalized spacial score (nSPS) is 11.3. The van der Waals surface area contributed by atoms with Gasteiger partial charge in [0.1, 0.15) is 0 Å². The number of rotatable bonds is 8. The highest BCUT2D eigenvalue weighted by molar-refractivity contribution is 7.92. The molecule has 0 saturated heterocycles. The predicted octanol–water partition coefficient (Wildman–Crippen LogP) is 5.77. The van der Waals surface area contributed by atoms with E-state index in [1.807, 2.05) is 62.1 Å². The first-order chi connectivity index (χ1) is 18.1. The largest absolute Gasteiger partial charge is 0.490 e. The molecule has 0 aliphatic heterocycles. The molecule has 0 saturated carbocycles. The number of aryl methyl sites for hydroxylation is 3. The lowest BCUT2D eigenvalue weighted by Gasteiger charge is -2.26. The maximum absolute atomic E-state index is 13.3. The molecule has 0 radical (unpaired) electrons. The van der Waals surface area contributed by atoms with Crippen LogP contribution in [0.2, 0.25) is 0 Å². The summed E-state index contributed by atoms with van der Waals surface area (Å²) >= 11 is 0. The number of nitrogens with one attached hydrogen (secondary N) is 1. The summed E-state index contributed by atoms with van der Waals surface area (Å²) in [7, 11) is -3.93. The van der Waals surface area contributed by atoms with Crippen LogP contribution in [0.25, 0.3) is 0 Å². The Bertz CT molecular complexity index is 1440. The number of carboxylic acids is 2. The Hall–Kier alpha value is -4.06. The van der Waals surface area contributed by atoms with Crippen molar-refractivity contribution in [3.63, 3.8) is 0 Å². The van der Waals surface area contributed by atoms with Crippen molar-refractivity contribution in [3.05, 3.63) is 88.5 Å². The van der Waals surface area contributed by atoms with E-state index < -0.39 is 28.1 Å². The number of benzene rings is 3. The molecule has 0 aromatic heterocycles. The van der Waals surface area contributed by atoms with Gasteiger partial charge in [-0.05, 0) is 74.2 Å². The minimum absolute atomic E-state index is 0.0130. The van der Waals surface area contributed by atoms with Crippen LogP contribution in [0.4, 0.5) is 24.5 Å². The number of hydrogen-bond donors (Lipinski definition) is 3. The smallest absolute Gasteiger partial charge is 0.478 e. The van der Waals surface area contributed by atoms with Gasteiger partial charge in [-0.25, -0.2) is 18.0 Å². The molecule has 3 aromatic carbocycles. The van der Waals surface area contributed by atoms with Crippen molar-refractivity contribution >= 4 is 33.3 Å². The van der Waals surface area contributed by atoms with Gasteiger partial charge >= 0.3 is 18.1 Å². The number of halogens is 3. The fourth-order valence-electron chi connectivity index (χ4n) is 3.62. The Kier molecular flexibility index (Phi) is 10.1. The predicted molar refractivity (Wildman–Crippen MR) is 142 cm³/mol. The summed E-state index contributed by atoms with van der Waals surface area (Å²) in [5.41, 5.74) is 4.44. The summed E-state index contributed by atoms with van der Waals surface area (Å²) in [6.45, 7) is 8.69. The minimum Gasteiger partial charge on any atom is -0.478 e. The zero-order valence-corrected chi connectivity index (χ0v) is 22.5. The molecular formula is C27H29F3N2O6S. The average molecular weight is 567 g/mol. The number of carboxylic acid groups (broad SMARTS) is 2. The highest BCUT2D eigenvalue weighted by Gasteiger charge is 2.38. The molecule has 0 amide bonds. The quantitative estimate of drug-likeness (QED) is 0.316. The monoisotopic (exact) mass is 566 g/mol. The molecule has 0 fully saturated rings. The number of hydrogen-bond acceptors (Lipinski definition) is 5. The number of alkyl halides is 3. The third-order valence-corrected chi connectivity index (χ3v) is 7.26. The fourth-order valence-corrected chi connectivity index (χ4v) is 5.00. The topological polar surface area (TPSA) is 124 Å². The number of aromatic carboxylic acids is 1. The van der Waals surface area contributed by atoms with Crippen LogP contribution in [0, 0.1) is 20.8 Å². The first kappa shape index (κ1) is 31.2. The summed E-state index contributed by atoms with van der Waals surface area (Å²) in [6.07, 6.45) is -5.08. The Balaban J connectivity index is 0.000000673. The van der Waals surface area contributed by atoms with E-state index in [0.717, 1.165) is 16.7 Å². The molecule has 0 spiro atoms. The standard InChI is InChI=1S/C25H28N2O4S.C2HF3O2/c1-5-27(16-20-9-7-6-8-10-20)23-12-11-21(25(28)29)15-22(23)26-32(30,31)24-14-18(3)17(2)13-19(24)4;3-2(4,5)1(6)7/h6-15,26H,5,16H2,1-4H3,(H,28,29);(H,6,7). The van der Waals surface area contributed by atoms with Gasteiger partial charge in [0.15, 0.2) is 0 Å². The zero-order chi connectivity index (χ0) is 29.5. The van der Waals surface area contributed by atoms with Gasteiger partial charge in [-0.3, -0.25) is 4.72 Å². The lowest BCUT2D eigenvalue weighted by atomic mass is 10.1. The van der Waals surface area contributed by atoms with Crippen LogP contribution in [-0.2, 0) is 21.4 Å².